The van der Waals surface area contributed by atoms with Gasteiger partial charge in [0.25, 0.3) is 0 Å². The monoisotopic (exact) mass is 357 g/mol. The SMILES string of the molecule is N#Cc1cc(F)cc(-c2cc3c(s2)CCCC32CCSC(N)=N2)c1. The third-order valence-electron chi connectivity index (χ3n) is 4.71. The number of halogens is 1. The molecule has 1 atom stereocenters. The number of amidine groups is 1. The van der Waals surface area contributed by atoms with Gasteiger partial charge < -0.3 is 5.73 Å². The van der Waals surface area contributed by atoms with Crippen molar-refractivity contribution in [3.05, 3.63) is 46.1 Å². The molecule has 2 N–H and O–H groups in total. The van der Waals surface area contributed by atoms with E-state index in [1.807, 2.05) is 6.07 Å². The predicted molar refractivity (Wildman–Crippen MR) is 97.7 cm³/mol. The van der Waals surface area contributed by atoms with Crippen molar-refractivity contribution in [2.24, 2.45) is 10.7 Å². The first kappa shape index (κ1) is 15.7. The molecule has 2 aromatic rings. The highest BCUT2D eigenvalue weighted by atomic mass is 32.2. The van der Waals surface area contributed by atoms with Crippen LogP contribution in [-0.4, -0.2) is 10.9 Å². The van der Waals surface area contributed by atoms with Gasteiger partial charge in [-0.3, -0.25) is 4.99 Å². The number of hydrogen-bond donors (Lipinski definition) is 1. The summed E-state index contributed by atoms with van der Waals surface area (Å²) in [6.45, 7) is 0. The van der Waals surface area contributed by atoms with Crippen molar-refractivity contribution in [2.45, 2.75) is 31.2 Å². The molecular formula is C18H16FN3S2. The number of aryl methyl sites for hydroxylation is 1. The lowest BCUT2D eigenvalue weighted by molar-refractivity contribution is 0.368. The molecule has 0 amide bonds. The molecule has 24 heavy (non-hydrogen) atoms. The smallest absolute Gasteiger partial charge is 0.154 e. The topological polar surface area (TPSA) is 62.2 Å². The molecule has 2 aliphatic rings. The molecule has 6 heteroatoms. The summed E-state index contributed by atoms with van der Waals surface area (Å²) in [5.74, 6) is 0.611. The first-order chi connectivity index (χ1) is 11.6. The summed E-state index contributed by atoms with van der Waals surface area (Å²) in [6, 6.07) is 8.68. The van der Waals surface area contributed by atoms with Gasteiger partial charge in [-0.25, -0.2) is 4.39 Å². The maximum atomic E-state index is 13.8. The van der Waals surface area contributed by atoms with Crippen LogP contribution in [0.25, 0.3) is 10.4 Å². The second-order valence-electron chi connectivity index (χ2n) is 6.22. The minimum atomic E-state index is -0.374. The van der Waals surface area contributed by atoms with E-state index in [0.29, 0.717) is 10.7 Å². The van der Waals surface area contributed by atoms with Gasteiger partial charge in [-0.1, -0.05) is 11.8 Å². The number of nitrogens with two attached hydrogens (primary N) is 1. The maximum absolute atomic E-state index is 13.8. The van der Waals surface area contributed by atoms with Gasteiger partial charge in [-0.05, 0) is 61.1 Å². The van der Waals surface area contributed by atoms with Crippen molar-refractivity contribution in [1.29, 1.82) is 5.26 Å². The Morgan fingerprint density at radius 3 is 2.92 bits per heavy atom. The fourth-order valence-corrected chi connectivity index (χ4v) is 5.79. The van der Waals surface area contributed by atoms with Gasteiger partial charge in [0, 0.05) is 15.5 Å². The Labute approximate surface area is 148 Å². The molecule has 0 bridgehead atoms. The van der Waals surface area contributed by atoms with Crippen LogP contribution in [0.2, 0.25) is 0 Å². The summed E-state index contributed by atoms with van der Waals surface area (Å²) in [7, 11) is 0. The molecule has 1 aliphatic carbocycles. The van der Waals surface area contributed by atoms with Crippen LogP contribution < -0.4 is 5.73 Å². The first-order valence-electron chi connectivity index (χ1n) is 7.92. The van der Waals surface area contributed by atoms with Crippen LogP contribution in [0.4, 0.5) is 4.39 Å². The molecule has 1 spiro atoms. The fourth-order valence-electron chi connectivity index (χ4n) is 3.62. The van der Waals surface area contributed by atoms with Crippen LogP contribution in [0.3, 0.4) is 0 Å². The molecule has 2 heterocycles. The normalized spacial score (nSPS) is 22.8. The van der Waals surface area contributed by atoms with Gasteiger partial charge in [0.05, 0.1) is 17.2 Å². The minimum Gasteiger partial charge on any atom is -0.379 e. The Morgan fingerprint density at radius 2 is 2.12 bits per heavy atom. The molecule has 0 saturated carbocycles. The lowest BCUT2D eigenvalue weighted by atomic mass is 9.78. The lowest BCUT2D eigenvalue weighted by Gasteiger charge is -2.36. The molecule has 0 saturated heterocycles. The molecule has 1 aliphatic heterocycles. The number of hydrogen-bond acceptors (Lipinski definition) is 5. The highest BCUT2D eigenvalue weighted by Crippen LogP contribution is 2.49. The standard InChI is InChI=1S/C18H16FN3S2/c19-13-7-11(10-20)6-12(8-13)16-9-14-15(24-16)2-1-3-18(14)4-5-23-17(21)22-18/h6-9H,1-5H2,(H2,21,22). The molecule has 0 fully saturated rings. The quantitative estimate of drug-likeness (QED) is 0.822. The van der Waals surface area contributed by atoms with Crippen molar-refractivity contribution in [1.82, 2.24) is 0 Å². The van der Waals surface area contributed by atoms with E-state index in [1.165, 1.54) is 22.6 Å². The van der Waals surface area contributed by atoms with E-state index in [4.69, 9.17) is 16.0 Å². The van der Waals surface area contributed by atoms with E-state index < -0.39 is 0 Å². The van der Waals surface area contributed by atoms with Crippen LogP contribution in [0, 0.1) is 17.1 Å². The molecule has 3 nitrogen and oxygen atoms in total. The fraction of sp³-hybridized carbons (Fsp3) is 0.333. The first-order valence-corrected chi connectivity index (χ1v) is 9.72. The number of rotatable bonds is 1. The summed E-state index contributed by atoms with van der Waals surface area (Å²) >= 11 is 3.31. The molecule has 4 rings (SSSR count). The van der Waals surface area contributed by atoms with Crippen LogP contribution in [-0.2, 0) is 12.0 Å². The van der Waals surface area contributed by atoms with E-state index in [2.05, 4.69) is 6.07 Å². The molecular weight excluding hydrogens is 341 g/mol. The van der Waals surface area contributed by atoms with Gasteiger partial charge >= 0.3 is 0 Å². The van der Waals surface area contributed by atoms with Crippen molar-refractivity contribution >= 4 is 28.3 Å². The molecule has 1 aromatic carbocycles. The average molecular weight is 357 g/mol. The highest BCUT2D eigenvalue weighted by Gasteiger charge is 2.39. The Morgan fingerprint density at radius 1 is 1.25 bits per heavy atom. The van der Waals surface area contributed by atoms with Crippen LogP contribution in [0.1, 0.15) is 35.3 Å². The third kappa shape index (κ3) is 2.62. The van der Waals surface area contributed by atoms with Crippen molar-refractivity contribution < 1.29 is 4.39 Å². The van der Waals surface area contributed by atoms with E-state index in [9.17, 15) is 4.39 Å². The molecule has 1 aromatic heterocycles. The van der Waals surface area contributed by atoms with Crippen LogP contribution in [0.5, 0.6) is 0 Å². The lowest BCUT2D eigenvalue weighted by Crippen LogP contribution is -2.34. The number of nitrogens with zero attached hydrogens (tertiary/aromatic N) is 2. The number of thioether (sulfide) groups is 1. The summed E-state index contributed by atoms with van der Waals surface area (Å²) in [4.78, 5) is 7.14. The maximum Gasteiger partial charge on any atom is 0.154 e. The zero-order valence-electron chi connectivity index (χ0n) is 13.0. The summed E-state index contributed by atoms with van der Waals surface area (Å²) in [5.41, 5.74) is 8.16. The van der Waals surface area contributed by atoms with Gasteiger partial charge in [0.15, 0.2) is 5.17 Å². The van der Waals surface area contributed by atoms with Gasteiger partial charge in [0.2, 0.25) is 0 Å². The summed E-state index contributed by atoms with van der Waals surface area (Å²) in [6.07, 6.45) is 4.14. The van der Waals surface area contributed by atoms with E-state index in [-0.39, 0.29) is 11.4 Å². The molecule has 0 radical (unpaired) electrons. The van der Waals surface area contributed by atoms with E-state index in [1.54, 1.807) is 29.2 Å². The molecule has 122 valence electrons. The number of aliphatic imine (C=N–C) groups is 1. The number of benzene rings is 1. The van der Waals surface area contributed by atoms with Crippen LogP contribution >= 0.6 is 23.1 Å². The van der Waals surface area contributed by atoms with E-state index in [0.717, 1.165) is 41.9 Å². The number of thiophene rings is 1. The van der Waals surface area contributed by atoms with Gasteiger partial charge in [-0.15, -0.1) is 11.3 Å². The third-order valence-corrected chi connectivity index (χ3v) is 6.74. The van der Waals surface area contributed by atoms with Crippen molar-refractivity contribution in [3.8, 4) is 16.5 Å². The second kappa shape index (κ2) is 5.91. The van der Waals surface area contributed by atoms with Gasteiger partial charge in [-0.2, -0.15) is 5.26 Å². The Hall–Kier alpha value is -1.84. The zero-order chi connectivity index (χ0) is 16.7. The minimum absolute atomic E-state index is 0.205. The number of fused-ring (bicyclic) bond motifs is 2. The Kier molecular flexibility index (Phi) is 3.86. The second-order valence-corrected chi connectivity index (χ2v) is 8.47. The highest BCUT2D eigenvalue weighted by molar-refractivity contribution is 8.13. The van der Waals surface area contributed by atoms with Gasteiger partial charge in [0.1, 0.15) is 5.82 Å². The average Bonchev–Trinajstić information content (AvgIpc) is 3.00. The van der Waals surface area contributed by atoms with Crippen molar-refractivity contribution in [3.63, 3.8) is 0 Å². The Balaban J connectivity index is 1.83. The van der Waals surface area contributed by atoms with Crippen LogP contribution in [0.15, 0.2) is 29.3 Å². The Bertz CT molecular complexity index is 881. The number of nitriles is 1. The molecule has 1 unspecified atom stereocenters. The largest absolute Gasteiger partial charge is 0.379 e. The predicted octanol–water partition coefficient (Wildman–Crippen LogP) is 4.41. The zero-order valence-corrected chi connectivity index (χ0v) is 14.6. The summed E-state index contributed by atoms with van der Waals surface area (Å²) in [5, 5.41) is 9.74. The summed E-state index contributed by atoms with van der Waals surface area (Å²) < 4.78 is 13.8. The van der Waals surface area contributed by atoms with E-state index >= 15 is 0 Å². The van der Waals surface area contributed by atoms with Crippen molar-refractivity contribution in [2.75, 3.05) is 5.75 Å².